The quantitative estimate of drug-likeness (QED) is 0.426. The van der Waals surface area contributed by atoms with E-state index in [4.69, 9.17) is 0 Å². The lowest BCUT2D eigenvalue weighted by Crippen LogP contribution is -2.29. The molecule has 0 aliphatic heterocycles. The normalized spacial score (nSPS) is 13.5. The van der Waals surface area contributed by atoms with Gasteiger partial charge in [-0.25, -0.2) is 5.43 Å². The van der Waals surface area contributed by atoms with E-state index in [1.807, 2.05) is 19.9 Å². The van der Waals surface area contributed by atoms with Crippen LogP contribution in [0.3, 0.4) is 0 Å². The maximum absolute atomic E-state index is 13.4. The molecule has 0 radical (unpaired) electrons. The van der Waals surface area contributed by atoms with Crippen molar-refractivity contribution in [2.75, 3.05) is 0 Å². The molecule has 1 amide bonds. The molecule has 1 unspecified atom stereocenters. The zero-order valence-corrected chi connectivity index (χ0v) is 17.4. The molecule has 0 fully saturated rings. The Hall–Kier alpha value is -3.33. The van der Waals surface area contributed by atoms with Gasteiger partial charge in [-0.2, -0.15) is 18.3 Å². The van der Waals surface area contributed by atoms with Gasteiger partial charge in [-0.3, -0.25) is 9.36 Å². The summed E-state index contributed by atoms with van der Waals surface area (Å²) in [4.78, 5) is 11.6. The molecule has 9 heteroatoms. The van der Waals surface area contributed by atoms with Crippen molar-refractivity contribution in [3.8, 4) is 11.6 Å². The van der Waals surface area contributed by atoms with Gasteiger partial charge in [0, 0.05) is 11.1 Å². The highest BCUT2D eigenvalue weighted by Crippen LogP contribution is 2.39. The van der Waals surface area contributed by atoms with Crippen molar-refractivity contribution in [3.63, 3.8) is 0 Å². The van der Waals surface area contributed by atoms with E-state index in [9.17, 15) is 28.2 Å². The summed E-state index contributed by atoms with van der Waals surface area (Å²) in [5.41, 5.74) is 4.04. The third kappa shape index (κ3) is 4.41. The Bertz CT molecular complexity index is 1170. The van der Waals surface area contributed by atoms with Gasteiger partial charge in [0.05, 0.1) is 22.4 Å². The number of hydrazone groups is 1. The fourth-order valence-electron chi connectivity index (χ4n) is 3.44. The van der Waals surface area contributed by atoms with Gasteiger partial charge in [0.15, 0.2) is 0 Å². The van der Waals surface area contributed by atoms with Crippen molar-refractivity contribution in [1.82, 2.24) is 9.99 Å². The van der Waals surface area contributed by atoms with Crippen LogP contribution in [0.4, 0.5) is 13.2 Å². The van der Waals surface area contributed by atoms with Crippen LogP contribution in [0.2, 0.25) is 0 Å². The van der Waals surface area contributed by atoms with Gasteiger partial charge in [0.25, 0.3) is 5.91 Å². The van der Waals surface area contributed by atoms with Crippen LogP contribution in [0.15, 0.2) is 41.5 Å². The predicted molar refractivity (Wildman–Crippen MR) is 111 cm³/mol. The number of carbonyl (C=O) groups excluding carboxylic acids is 1. The van der Waals surface area contributed by atoms with Crippen LogP contribution < -0.4 is 5.43 Å². The molecule has 0 bridgehead atoms. The number of aryl methyl sites for hydroxylation is 2. The summed E-state index contributed by atoms with van der Waals surface area (Å²) < 4.78 is 41.4. The van der Waals surface area contributed by atoms with E-state index >= 15 is 0 Å². The molecule has 1 atom stereocenters. The number of nitrogens with zero attached hydrogens (tertiary/aromatic N) is 2. The van der Waals surface area contributed by atoms with Crippen LogP contribution in [0.1, 0.15) is 36.1 Å². The van der Waals surface area contributed by atoms with E-state index in [0.29, 0.717) is 11.1 Å². The smallest absolute Gasteiger partial charge is 0.416 e. The Kier molecular flexibility index (Phi) is 5.82. The topological polar surface area (TPSA) is 86.8 Å². The first-order valence-electron chi connectivity index (χ1n) is 9.46. The SMILES string of the molecule is C/C(=N/NC(=O)C(C)O)c1c(O)n(-c2cc(C)cc(C)c2)c2cc(C(F)(F)F)ccc12. The van der Waals surface area contributed by atoms with Crippen molar-refractivity contribution >= 4 is 22.5 Å². The third-order valence-electron chi connectivity index (χ3n) is 4.81. The average Bonchev–Trinajstić information content (AvgIpc) is 2.95. The molecule has 0 saturated heterocycles. The van der Waals surface area contributed by atoms with Crippen molar-refractivity contribution in [2.24, 2.45) is 5.10 Å². The summed E-state index contributed by atoms with van der Waals surface area (Å²) in [5, 5.41) is 24.6. The summed E-state index contributed by atoms with van der Waals surface area (Å²) in [6.45, 7) is 6.46. The number of amides is 1. The van der Waals surface area contributed by atoms with Gasteiger partial charge in [0.1, 0.15) is 6.10 Å². The highest BCUT2D eigenvalue weighted by Gasteiger charge is 2.32. The number of halogens is 3. The van der Waals surface area contributed by atoms with Crippen LogP contribution in [-0.2, 0) is 11.0 Å². The van der Waals surface area contributed by atoms with Crippen molar-refractivity contribution in [1.29, 1.82) is 0 Å². The molecule has 0 aliphatic carbocycles. The van der Waals surface area contributed by atoms with Gasteiger partial charge in [-0.1, -0.05) is 12.1 Å². The zero-order chi connectivity index (χ0) is 23.1. The Labute approximate surface area is 176 Å². The molecule has 1 aromatic heterocycles. The number of aromatic hydroxyl groups is 1. The molecule has 0 aliphatic rings. The Morgan fingerprint density at radius 3 is 2.29 bits per heavy atom. The maximum atomic E-state index is 13.4. The predicted octanol–water partition coefficient (Wildman–Crippen LogP) is 4.19. The lowest BCUT2D eigenvalue weighted by molar-refractivity contribution is -0.137. The molecule has 2 aromatic carbocycles. The van der Waals surface area contributed by atoms with E-state index in [2.05, 4.69) is 10.5 Å². The standard InChI is InChI=1S/C22H22F3N3O3/c1-11-7-12(2)9-16(8-11)28-18-10-15(22(23,24)25)5-6-17(18)19(21(28)31)13(3)26-27-20(30)14(4)29/h5-10,14,29,31H,1-4H3,(H,27,30)/b26-13-. The number of aliphatic hydroxyl groups excluding tert-OH is 1. The molecule has 164 valence electrons. The lowest BCUT2D eigenvalue weighted by atomic mass is 10.1. The summed E-state index contributed by atoms with van der Waals surface area (Å²) in [7, 11) is 0. The molecule has 3 N–H and O–H groups in total. The molecule has 31 heavy (non-hydrogen) atoms. The minimum Gasteiger partial charge on any atom is -0.494 e. The van der Waals surface area contributed by atoms with Gasteiger partial charge in [-0.05, 0) is 63.1 Å². The Morgan fingerprint density at radius 2 is 1.74 bits per heavy atom. The van der Waals surface area contributed by atoms with Crippen molar-refractivity contribution in [2.45, 2.75) is 40.0 Å². The number of hydrogen-bond acceptors (Lipinski definition) is 4. The number of alkyl halides is 3. The number of fused-ring (bicyclic) bond motifs is 1. The Balaban J connectivity index is 2.30. The minimum absolute atomic E-state index is 0.142. The number of nitrogens with one attached hydrogen (secondary N) is 1. The number of carbonyl (C=O) groups is 1. The zero-order valence-electron chi connectivity index (χ0n) is 17.4. The largest absolute Gasteiger partial charge is 0.494 e. The summed E-state index contributed by atoms with van der Waals surface area (Å²) in [5.74, 6) is -1.07. The maximum Gasteiger partial charge on any atom is 0.416 e. The first kappa shape index (κ1) is 22.4. The van der Waals surface area contributed by atoms with Gasteiger partial charge in [-0.15, -0.1) is 0 Å². The Morgan fingerprint density at radius 1 is 1.13 bits per heavy atom. The van der Waals surface area contributed by atoms with E-state index in [0.717, 1.165) is 23.3 Å². The molecule has 0 spiro atoms. The fraction of sp³-hybridized carbons (Fsp3) is 0.273. The molecule has 0 saturated carbocycles. The van der Waals surface area contributed by atoms with E-state index in [-0.39, 0.29) is 22.7 Å². The molecule has 1 heterocycles. The average molecular weight is 433 g/mol. The first-order chi connectivity index (χ1) is 14.4. The van der Waals surface area contributed by atoms with Crippen LogP contribution in [0.25, 0.3) is 16.6 Å². The van der Waals surface area contributed by atoms with Crippen LogP contribution in [0, 0.1) is 13.8 Å². The summed E-state index contributed by atoms with van der Waals surface area (Å²) in [6, 6.07) is 8.57. The van der Waals surface area contributed by atoms with Crippen molar-refractivity contribution in [3.05, 3.63) is 58.7 Å². The third-order valence-corrected chi connectivity index (χ3v) is 4.81. The van der Waals surface area contributed by atoms with Gasteiger partial charge in [0.2, 0.25) is 5.88 Å². The van der Waals surface area contributed by atoms with Crippen molar-refractivity contribution < 1.29 is 28.2 Å². The monoisotopic (exact) mass is 433 g/mol. The lowest BCUT2D eigenvalue weighted by Gasteiger charge is -2.11. The summed E-state index contributed by atoms with van der Waals surface area (Å²) >= 11 is 0. The first-order valence-corrected chi connectivity index (χ1v) is 9.46. The van der Waals surface area contributed by atoms with Crippen LogP contribution in [0.5, 0.6) is 5.88 Å². The second-order valence-corrected chi connectivity index (χ2v) is 7.46. The highest BCUT2D eigenvalue weighted by molar-refractivity contribution is 6.13. The number of aliphatic hydroxyl groups is 1. The molecule has 3 rings (SSSR count). The number of hydrogen-bond donors (Lipinski definition) is 3. The minimum atomic E-state index is -4.56. The molecular weight excluding hydrogens is 411 g/mol. The molecule has 6 nitrogen and oxygen atoms in total. The van der Waals surface area contributed by atoms with E-state index in [1.54, 1.807) is 12.1 Å². The number of benzene rings is 2. The second kappa shape index (κ2) is 8.07. The van der Waals surface area contributed by atoms with Crippen LogP contribution in [-0.4, -0.2) is 32.5 Å². The van der Waals surface area contributed by atoms with Gasteiger partial charge >= 0.3 is 6.18 Å². The summed E-state index contributed by atoms with van der Waals surface area (Å²) in [6.07, 6.45) is -5.85. The highest BCUT2D eigenvalue weighted by atomic mass is 19.4. The molecule has 3 aromatic rings. The van der Waals surface area contributed by atoms with Crippen LogP contribution >= 0.6 is 0 Å². The second-order valence-electron chi connectivity index (χ2n) is 7.46. The van der Waals surface area contributed by atoms with E-state index in [1.165, 1.54) is 24.5 Å². The fourth-order valence-corrected chi connectivity index (χ4v) is 3.44. The number of aromatic nitrogens is 1. The van der Waals surface area contributed by atoms with E-state index < -0.39 is 23.8 Å². The molecular formula is C22H22F3N3O3. The number of rotatable bonds is 4. The van der Waals surface area contributed by atoms with Gasteiger partial charge < -0.3 is 10.2 Å².